The molecule has 0 bridgehead atoms. The molecule has 3 aromatic carbocycles. The number of rotatable bonds is 10. The molecule has 6 heteroatoms. The van der Waals surface area contributed by atoms with E-state index in [-0.39, 0.29) is 5.75 Å². The number of amides is 1. The van der Waals surface area contributed by atoms with Crippen LogP contribution in [0.3, 0.4) is 0 Å². The lowest BCUT2D eigenvalue weighted by atomic mass is 9.88. The summed E-state index contributed by atoms with van der Waals surface area (Å²) in [5, 5.41) is 18.5. The Morgan fingerprint density at radius 3 is 2.03 bits per heavy atom. The Labute approximate surface area is 206 Å². The summed E-state index contributed by atoms with van der Waals surface area (Å²) in [5.74, 6) is 0.465. The molecule has 0 aromatic heterocycles. The van der Waals surface area contributed by atoms with E-state index in [0.717, 1.165) is 52.1 Å². The van der Waals surface area contributed by atoms with E-state index in [0.29, 0.717) is 6.61 Å². The topological polar surface area (TPSA) is 82.0 Å². The van der Waals surface area contributed by atoms with Crippen LogP contribution in [0.25, 0.3) is 17.2 Å². The number of phenols is 1. The number of ether oxygens (including phenoxy) is 1. The fraction of sp³-hybridized carbons (Fsp3) is 0.207. The van der Waals surface area contributed by atoms with Gasteiger partial charge in [-0.3, -0.25) is 10.0 Å². The Bertz CT molecular complexity index is 1160. The fourth-order valence-electron chi connectivity index (χ4n) is 3.74. The Morgan fingerprint density at radius 2 is 1.49 bits per heavy atom. The SMILES string of the molecule is CC/C(=C(\c1ccc(O)cc1)c1ccc(OCCN(C)C)cc1)c1ccc(/C=C/C(=O)NO)cc1. The summed E-state index contributed by atoms with van der Waals surface area (Å²) < 4.78 is 5.86. The highest BCUT2D eigenvalue weighted by Crippen LogP contribution is 2.35. The highest BCUT2D eigenvalue weighted by molar-refractivity contribution is 5.99. The van der Waals surface area contributed by atoms with E-state index >= 15 is 0 Å². The van der Waals surface area contributed by atoms with Gasteiger partial charge < -0.3 is 14.7 Å². The number of phenolic OH excluding ortho intramolecular Hbond substituents is 1. The summed E-state index contributed by atoms with van der Waals surface area (Å²) in [6.07, 6.45) is 3.70. The van der Waals surface area contributed by atoms with Crippen molar-refractivity contribution >= 4 is 23.1 Å². The summed E-state index contributed by atoms with van der Waals surface area (Å²) >= 11 is 0. The van der Waals surface area contributed by atoms with Crippen LogP contribution in [0.1, 0.15) is 35.6 Å². The maximum absolute atomic E-state index is 11.3. The minimum Gasteiger partial charge on any atom is -0.508 e. The van der Waals surface area contributed by atoms with Gasteiger partial charge in [0, 0.05) is 12.6 Å². The maximum atomic E-state index is 11.3. The zero-order valence-corrected chi connectivity index (χ0v) is 20.4. The van der Waals surface area contributed by atoms with Gasteiger partial charge >= 0.3 is 0 Å². The van der Waals surface area contributed by atoms with Crippen molar-refractivity contribution in [3.63, 3.8) is 0 Å². The van der Waals surface area contributed by atoms with E-state index < -0.39 is 5.91 Å². The molecule has 0 saturated carbocycles. The van der Waals surface area contributed by atoms with Crippen molar-refractivity contribution in [2.24, 2.45) is 0 Å². The van der Waals surface area contributed by atoms with Gasteiger partial charge in [-0.25, -0.2) is 5.48 Å². The molecule has 0 atom stereocenters. The van der Waals surface area contributed by atoms with Crippen LogP contribution in [0.4, 0.5) is 0 Å². The van der Waals surface area contributed by atoms with Crippen LogP contribution in [0.15, 0.2) is 78.9 Å². The number of aromatic hydroxyl groups is 1. The van der Waals surface area contributed by atoms with Crippen LogP contribution in [-0.4, -0.2) is 48.4 Å². The first-order chi connectivity index (χ1) is 16.9. The molecular weight excluding hydrogens is 440 g/mol. The van der Waals surface area contributed by atoms with Crippen molar-refractivity contribution in [2.75, 3.05) is 27.2 Å². The van der Waals surface area contributed by atoms with Crippen LogP contribution >= 0.6 is 0 Å². The summed E-state index contributed by atoms with van der Waals surface area (Å²) in [6, 6.07) is 23.2. The molecule has 1 amide bonds. The molecule has 0 saturated heterocycles. The second-order valence-corrected chi connectivity index (χ2v) is 8.36. The molecule has 3 rings (SSSR count). The van der Waals surface area contributed by atoms with Crippen LogP contribution in [-0.2, 0) is 4.79 Å². The molecule has 0 radical (unpaired) electrons. The van der Waals surface area contributed by atoms with E-state index in [4.69, 9.17) is 9.94 Å². The molecule has 6 nitrogen and oxygen atoms in total. The van der Waals surface area contributed by atoms with E-state index in [2.05, 4.69) is 24.0 Å². The highest BCUT2D eigenvalue weighted by atomic mass is 16.5. The van der Waals surface area contributed by atoms with Gasteiger partial charge in [-0.2, -0.15) is 0 Å². The molecule has 0 aliphatic carbocycles. The van der Waals surface area contributed by atoms with Gasteiger partial charge in [-0.05, 0) is 84.3 Å². The molecule has 0 aliphatic heterocycles. The van der Waals surface area contributed by atoms with Crippen molar-refractivity contribution in [1.82, 2.24) is 10.4 Å². The standard InChI is InChI=1S/C29H32N2O4/c1-4-27(22-8-5-21(6-9-22)7-18-28(33)30-34)29(23-10-14-25(32)15-11-23)24-12-16-26(17-13-24)35-20-19-31(2)3/h5-18,32,34H,4,19-20H2,1-3H3,(H,30,33)/b18-7+,29-27-. The number of nitrogens with one attached hydrogen (secondary N) is 1. The van der Waals surface area contributed by atoms with Crippen molar-refractivity contribution in [3.8, 4) is 11.5 Å². The monoisotopic (exact) mass is 472 g/mol. The predicted molar refractivity (Wildman–Crippen MR) is 140 cm³/mol. The molecule has 0 spiro atoms. The zero-order valence-electron chi connectivity index (χ0n) is 20.4. The van der Waals surface area contributed by atoms with Gasteiger partial charge in [0.05, 0.1) is 0 Å². The van der Waals surface area contributed by atoms with Crippen molar-refractivity contribution in [3.05, 3.63) is 101 Å². The predicted octanol–water partition coefficient (Wildman–Crippen LogP) is 5.22. The number of nitrogens with zero attached hydrogens (tertiary/aromatic N) is 1. The lowest BCUT2D eigenvalue weighted by Crippen LogP contribution is -2.19. The van der Waals surface area contributed by atoms with Crippen LogP contribution in [0.2, 0.25) is 0 Å². The summed E-state index contributed by atoms with van der Waals surface area (Å²) in [4.78, 5) is 13.3. The normalized spacial score (nSPS) is 12.0. The largest absolute Gasteiger partial charge is 0.508 e. The van der Waals surface area contributed by atoms with Gasteiger partial charge in [0.25, 0.3) is 5.91 Å². The number of carbonyl (C=O) groups is 1. The van der Waals surface area contributed by atoms with E-state index in [1.165, 1.54) is 6.08 Å². The molecule has 35 heavy (non-hydrogen) atoms. The second kappa shape index (κ2) is 12.6. The molecule has 0 unspecified atom stereocenters. The van der Waals surface area contributed by atoms with Crippen LogP contribution < -0.4 is 10.2 Å². The number of benzene rings is 3. The molecule has 3 N–H and O–H groups in total. The van der Waals surface area contributed by atoms with E-state index in [9.17, 15) is 9.90 Å². The Kier molecular flexibility index (Phi) is 9.23. The quantitative estimate of drug-likeness (QED) is 0.163. The van der Waals surface area contributed by atoms with Gasteiger partial charge in [0.15, 0.2) is 0 Å². The van der Waals surface area contributed by atoms with Crippen molar-refractivity contribution in [2.45, 2.75) is 13.3 Å². The number of likely N-dealkylation sites (N-methyl/N-ethyl adjacent to an activating group) is 1. The number of hydrogen-bond donors (Lipinski definition) is 3. The first kappa shape index (κ1) is 25.7. The van der Waals surface area contributed by atoms with Gasteiger partial charge in [-0.1, -0.05) is 55.5 Å². The van der Waals surface area contributed by atoms with E-state index in [1.54, 1.807) is 23.7 Å². The van der Waals surface area contributed by atoms with Crippen molar-refractivity contribution < 1.29 is 19.8 Å². The summed E-state index contributed by atoms with van der Waals surface area (Å²) in [5.41, 5.74) is 7.78. The number of carbonyl (C=O) groups excluding carboxylic acids is 1. The van der Waals surface area contributed by atoms with Gasteiger partial charge in [0.2, 0.25) is 0 Å². The third kappa shape index (κ3) is 7.30. The molecule has 182 valence electrons. The minimum atomic E-state index is -0.577. The number of allylic oxidation sites excluding steroid dienone is 1. The van der Waals surface area contributed by atoms with Crippen LogP contribution in [0.5, 0.6) is 11.5 Å². The molecule has 0 heterocycles. The zero-order chi connectivity index (χ0) is 25.2. The average Bonchev–Trinajstić information content (AvgIpc) is 2.87. The highest BCUT2D eigenvalue weighted by Gasteiger charge is 2.14. The summed E-state index contributed by atoms with van der Waals surface area (Å²) in [7, 11) is 4.03. The minimum absolute atomic E-state index is 0.221. The number of hydrogen-bond acceptors (Lipinski definition) is 5. The van der Waals surface area contributed by atoms with Crippen molar-refractivity contribution in [1.29, 1.82) is 0 Å². The van der Waals surface area contributed by atoms with E-state index in [1.807, 2.05) is 62.6 Å². The molecule has 0 aliphatic rings. The first-order valence-electron chi connectivity index (χ1n) is 11.5. The Morgan fingerprint density at radius 1 is 0.914 bits per heavy atom. The third-order valence-electron chi connectivity index (χ3n) is 5.56. The lowest BCUT2D eigenvalue weighted by molar-refractivity contribution is -0.124. The van der Waals surface area contributed by atoms with Gasteiger partial charge in [-0.15, -0.1) is 0 Å². The van der Waals surface area contributed by atoms with Crippen LogP contribution in [0, 0.1) is 0 Å². The molecule has 0 fully saturated rings. The van der Waals surface area contributed by atoms with Gasteiger partial charge in [0.1, 0.15) is 18.1 Å². The smallest absolute Gasteiger partial charge is 0.267 e. The maximum Gasteiger partial charge on any atom is 0.267 e. The average molecular weight is 473 g/mol. The molecule has 3 aromatic rings. The lowest BCUT2D eigenvalue weighted by Gasteiger charge is -2.17. The Balaban J connectivity index is 2.00. The second-order valence-electron chi connectivity index (χ2n) is 8.36. The molecular formula is C29H32N2O4. The number of hydroxylamine groups is 1. The Hall–Kier alpha value is -3.87. The fourth-order valence-corrected chi connectivity index (χ4v) is 3.74. The first-order valence-corrected chi connectivity index (χ1v) is 11.5. The summed E-state index contributed by atoms with van der Waals surface area (Å²) in [6.45, 7) is 3.58. The third-order valence-corrected chi connectivity index (χ3v) is 5.56.